The van der Waals surface area contributed by atoms with Crippen molar-refractivity contribution in [2.45, 2.75) is 19.4 Å². The molecule has 110 valence electrons. The third kappa shape index (κ3) is 2.79. The van der Waals surface area contributed by atoms with Gasteiger partial charge in [-0.1, -0.05) is 6.07 Å². The number of carbonyl (C=O) groups excluding carboxylic acids is 1. The zero-order valence-electron chi connectivity index (χ0n) is 11.3. The quantitative estimate of drug-likeness (QED) is 0.871. The van der Waals surface area contributed by atoms with Crippen LogP contribution in [0.2, 0.25) is 0 Å². The molecule has 2 atom stereocenters. The number of halogens is 1. The number of carboxylic acid groups (broad SMARTS) is 1. The van der Waals surface area contributed by atoms with Gasteiger partial charge in [0.2, 0.25) is 0 Å². The smallest absolute Gasteiger partial charge is 0.322 e. The topological polar surface area (TPSA) is 93.4 Å². The molecular formula is C14H14FN3O3. The van der Waals surface area contributed by atoms with E-state index >= 15 is 0 Å². The second kappa shape index (κ2) is 5.79. The number of carbonyl (C=O) groups is 2. The first-order chi connectivity index (χ1) is 9.95. The van der Waals surface area contributed by atoms with Crippen LogP contribution in [-0.4, -0.2) is 34.6 Å². The Morgan fingerprint density at radius 2 is 2.24 bits per heavy atom. The zero-order valence-corrected chi connectivity index (χ0v) is 11.3. The number of nitriles is 1. The number of hydrogen-bond donors (Lipinski definition) is 2. The minimum Gasteiger partial charge on any atom is -0.481 e. The summed E-state index contributed by atoms with van der Waals surface area (Å²) in [7, 11) is 0. The van der Waals surface area contributed by atoms with Crippen molar-refractivity contribution in [3.63, 3.8) is 0 Å². The van der Waals surface area contributed by atoms with Crippen molar-refractivity contribution < 1.29 is 19.1 Å². The molecule has 2 amide bonds. The van der Waals surface area contributed by atoms with Gasteiger partial charge in [-0.05, 0) is 25.5 Å². The average Bonchev–Trinajstić information content (AvgIpc) is 2.81. The predicted octanol–water partition coefficient (Wildman–Crippen LogP) is 2.02. The normalized spacial score (nSPS) is 20.9. The van der Waals surface area contributed by atoms with Gasteiger partial charge in [0.25, 0.3) is 0 Å². The molecule has 1 aromatic carbocycles. The number of carboxylic acids is 1. The molecular weight excluding hydrogens is 277 g/mol. The summed E-state index contributed by atoms with van der Waals surface area (Å²) in [5.74, 6) is -2.27. The summed E-state index contributed by atoms with van der Waals surface area (Å²) < 4.78 is 13.5. The van der Waals surface area contributed by atoms with Gasteiger partial charge in [0, 0.05) is 12.6 Å². The number of aliphatic carboxylic acids is 1. The number of rotatable bonds is 2. The van der Waals surface area contributed by atoms with Crippen molar-refractivity contribution in [3.05, 3.63) is 29.6 Å². The van der Waals surface area contributed by atoms with E-state index in [4.69, 9.17) is 10.4 Å². The molecule has 2 unspecified atom stereocenters. The predicted molar refractivity (Wildman–Crippen MR) is 72.0 cm³/mol. The molecule has 1 heterocycles. The first-order valence-electron chi connectivity index (χ1n) is 6.44. The van der Waals surface area contributed by atoms with Crippen LogP contribution in [0.15, 0.2) is 18.2 Å². The molecule has 1 aromatic rings. The van der Waals surface area contributed by atoms with Crippen molar-refractivity contribution in [1.29, 1.82) is 5.26 Å². The number of nitrogens with one attached hydrogen (secondary N) is 1. The van der Waals surface area contributed by atoms with Gasteiger partial charge in [-0.2, -0.15) is 5.26 Å². The molecule has 0 radical (unpaired) electrons. The maximum atomic E-state index is 13.5. The Balaban J connectivity index is 2.15. The molecule has 1 fully saturated rings. The lowest BCUT2D eigenvalue weighted by Gasteiger charge is -2.23. The Morgan fingerprint density at radius 1 is 1.52 bits per heavy atom. The van der Waals surface area contributed by atoms with E-state index < -0.39 is 29.8 Å². The van der Waals surface area contributed by atoms with Gasteiger partial charge in [0.15, 0.2) is 0 Å². The minimum absolute atomic E-state index is 0.0773. The summed E-state index contributed by atoms with van der Waals surface area (Å²) in [6.45, 7) is 1.96. The van der Waals surface area contributed by atoms with E-state index in [-0.39, 0.29) is 11.3 Å². The number of hydrogen-bond acceptors (Lipinski definition) is 3. The van der Waals surface area contributed by atoms with Crippen LogP contribution in [0.4, 0.5) is 14.9 Å². The Morgan fingerprint density at radius 3 is 2.81 bits per heavy atom. The average molecular weight is 291 g/mol. The molecule has 1 aliphatic heterocycles. The van der Waals surface area contributed by atoms with Crippen LogP contribution < -0.4 is 5.32 Å². The van der Waals surface area contributed by atoms with Gasteiger partial charge in [0.1, 0.15) is 17.4 Å². The maximum Gasteiger partial charge on any atom is 0.322 e. The molecule has 2 N–H and O–H groups in total. The molecule has 2 rings (SSSR count). The second-order valence-electron chi connectivity index (χ2n) is 4.87. The van der Waals surface area contributed by atoms with E-state index in [9.17, 15) is 14.0 Å². The third-order valence-corrected chi connectivity index (χ3v) is 3.70. The first-order valence-corrected chi connectivity index (χ1v) is 6.44. The van der Waals surface area contributed by atoms with Crippen LogP contribution in [0.1, 0.15) is 18.9 Å². The van der Waals surface area contributed by atoms with Crippen LogP contribution in [0.3, 0.4) is 0 Å². The van der Waals surface area contributed by atoms with E-state index in [1.165, 1.54) is 17.0 Å². The summed E-state index contributed by atoms with van der Waals surface area (Å²) in [6.07, 6.45) is 0.373. The fraction of sp³-hybridized carbons (Fsp3) is 0.357. The second-order valence-corrected chi connectivity index (χ2v) is 4.87. The highest BCUT2D eigenvalue weighted by Gasteiger charge is 2.38. The van der Waals surface area contributed by atoms with Crippen LogP contribution in [0, 0.1) is 23.1 Å². The lowest BCUT2D eigenvalue weighted by Crippen LogP contribution is -2.40. The molecule has 0 aromatic heterocycles. The minimum atomic E-state index is -0.943. The van der Waals surface area contributed by atoms with Gasteiger partial charge in [-0.3, -0.25) is 4.79 Å². The monoisotopic (exact) mass is 291 g/mol. The van der Waals surface area contributed by atoms with Crippen molar-refractivity contribution in [3.8, 4) is 6.07 Å². The van der Waals surface area contributed by atoms with E-state index in [1.807, 2.05) is 0 Å². The Labute approximate surface area is 120 Å². The number of likely N-dealkylation sites (tertiary alicyclic amines) is 1. The number of nitrogens with zero attached hydrogens (tertiary/aromatic N) is 2. The molecule has 7 heteroatoms. The van der Waals surface area contributed by atoms with Crippen LogP contribution in [-0.2, 0) is 4.79 Å². The molecule has 21 heavy (non-hydrogen) atoms. The highest BCUT2D eigenvalue weighted by Crippen LogP contribution is 2.26. The SMILES string of the molecule is CC1C(C(=O)O)CCN1C(=O)Nc1cccc(F)c1C#N. The summed E-state index contributed by atoms with van der Waals surface area (Å²) in [4.78, 5) is 24.6. The first kappa shape index (κ1) is 14.8. The van der Waals surface area contributed by atoms with Gasteiger partial charge < -0.3 is 15.3 Å². The Bertz CT molecular complexity index is 626. The van der Waals surface area contributed by atoms with E-state index in [0.717, 1.165) is 6.07 Å². The van der Waals surface area contributed by atoms with Crippen molar-refractivity contribution in [2.75, 3.05) is 11.9 Å². The zero-order chi connectivity index (χ0) is 15.6. The third-order valence-electron chi connectivity index (χ3n) is 3.70. The molecule has 0 aliphatic carbocycles. The van der Waals surface area contributed by atoms with E-state index in [2.05, 4.69) is 5.32 Å². The fourth-order valence-corrected chi connectivity index (χ4v) is 2.49. The van der Waals surface area contributed by atoms with Gasteiger partial charge in [-0.15, -0.1) is 0 Å². The number of anilines is 1. The molecule has 0 saturated carbocycles. The number of amides is 2. The van der Waals surface area contributed by atoms with Gasteiger partial charge >= 0.3 is 12.0 Å². The van der Waals surface area contributed by atoms with Gasteiger partial charge in [0.05, 0.1) is 11.6 Å². The fourth-order valence-electron chi connectivity index (χ4n) is 2.49. The number of urea groups is 1. The van der Waals surface area contributed by atoms with Crippen molar-refractivity contribution in [2.24, 2.45) is 5.92 Å². The van der Waals surface area contributed by atoms with Gasteiger partial charge in [-0.25, -0.2) is 9.18 Å². The standard InChI is InChI=1S/C14H14FN3O3/c1-8-9(13(19)20)5-6-18(8)14(21)17-12-4-2-3-11(15)10(12)7-16/h2-4,8-9H,5-6H2,1H3,(H,17,21)(H,19,20). The maximum absolute atomic E-state index is 13.5. The van der Waals surface area contributed by atoms with Crippen LogP contribution >= 0.6 is 0 Å². The van der Waals surface area contributed by atoms with Crippen molar-refractivity contribution in [1.82, 2.24) is 4.90 Å². The van der Waals surface area contributed by atoms with E-state index in [1.54, 1.807) is 13.0 Å². The summed E-state index contributed by atoms with van der Waals surface area (Å²) in [5, 5.41) is 20.4. The molecule has 1 aliphatic rings. The lowest BCUT2D eigenvalue weighted by atomic mass is 10.0. The largest absolute Gasteiger partial charge is 0.481 e. The molecule has 6 nitrogen and oxygen atoms in total. The summed E-state index contributed by atoms with van der Waals surface area (Å²) in [6, 6.07) is 4.65. The Kier molecular flexibility index (Phi) is 4.08. The summed E-state index contributed by atoms with van der Waals surface area (Å²) >= 11 is 0. The Hall–Kier alpha value is -2.62. The van der Waals surface area contributed by atoms with Crippen LogP contribution in [0.5, 0.6) is 0 Å². The highest BCUT2D eigenvalue weighted by molar-refractivity contribution is 5.91. The lowest BCUT2D eigenvalue weighted by molar-refractivity contribution is -0.142. The van der Waals surface area contributed by atoms with Crippen molar-refractivity contribution >= 4 is 17.7 Å². The molecule has 1 saturated heterocycles. The van der Waals surface area contributed by atoms with E-state index in [0.29, 0.717) is 13.0 Å². The molecule has 0 bridgehead atoms. The van der Waals surface area contributed by atoms with Crippen LogP contribution in [0.25, 0.3) is 0 Å². The highest BCUT2D eigenvalue weighted by atomic mass is 19.1. The molecule has 0 spiro atoms. The summed E-state index contributed by atoms with van der Waals surface area (Å²) in [5.41, 5.74) is -0.166. The number of benzene rings is 1.